The van der Waals surface area contributed by atoms with Crippen molar-refractivity contribution < 1.29 is 13.9 Å². The van der Waals surface area contributed by atoms with E-state index in [9.17, 15) is 9.59 Å². The lowest BCUT2D eigenvalue weighted by molar-refractivity contribution is 0.0520. The van der Waals surface area contributed by atoms with E-state index in [0.29, 0.717) is 17.9 Å². The van der Waals surface area contributed by atoms with Crippen LogP contribution in [-0.2, 0) is 4.74 Å². The van der Waals surface area contributed by atoms with Crippen molar-refractivity contribution >= 4 is 27.8 Å². The molecule has 114 valence electrons. The number of hydrogen-bond acceptors (Lipinski definition) is 4. The average molecular weight is 299 g/mol. The zero-order valence-electron chi connectivity index (χ0n) is 13.0. The molecule has 0 saturated heterocycles. The lowest BCUT2D eigenvalue weighted by Crippen LogP contribution is -2.06. The number of esters is 1. The molecule has 0 amide bonds. The number of rotatable bonds is 2. The fourth-order valence-corrected chi connectivity index (χ4v) is 2.93. The second-order valence-corrected chi connectivity index (χ2v) is 5.41. The van der Waals surface area contributed by atoms with Crippen LogP contribution in [0.4, 0.5) is 0 Å². The van der Waals surface area contributed by atoms with Crippen LogP contribution in [-0.4, -0.2) is 17.6 Å². The number of benzene rings is 1. The Bertz CT molecular complexity index is 962. The van der Waals surface area contributed by atoms with Crippen LogP contribution in [0.1, 0.15) is 34.1 Å². The first-order chi connectivity index (χ1) is 10.4. The Morgan fingerprint density at radius 3 is 2.59 bits per heavy atom. The minimum atomic E-state index is -0.376. The SMILES string of the molecule is CCOC(=O)c1[nH]c2c(C)cc3oc(=O)cc(C)c3c2c1C. The van der Waals surface area contributed by atoms with E-state index >= 15 is 0 Å². The maximum Gasteiger partial charge on any atom is 0.355 e. The third-order valence-corrected chi connectivity index (χ3v) is 3.91. The minimum Gasteiger partial charge on any atom is -0.461 e. The molecular weight excluding hydrogens is 282 g/mol. The first-order valence-electron chi connectivity index (χ1n) is 7.17. The summed E-state index contributed by atoms with van der Waals surface area (Å²) >= 11 is 0. The van der Waals surface area contributed by atoms with Gasteiger partial charge in [-0.2, -0.15) is 0 Å². The summed E-state index contributed by atoms with van der Waals surface area (Å²) in [5, 5.41) is 1.75. The first kappa shape index (κ1) is 14.4. The number of fused-ring (bicyclic) bond motifs is 3. The molecule has 1 N–H and O–H groups in total. The molecule has 0 atom stereocenters. The molecule has 0 saturated carbocycles. The Balaban J connectivity index is 2.47. The maximum atomic E-state index is 12.1. The average Bonchev–Trinajstić information content (AvgIpc) is 2.77. The topological polar surface area (TPSA) is 72.3 Å². The van der Waals surface area contributed by atoms with Crippen molar-refractivity contribution in [2.45, 2.75) is 27.7 Å². The molecule has 1 aromatic carbocycles. The highest BCUT2D eigenvalue weighted by Gasteiger charge is 2.20. The second kappa shape index (κ2) is 5.02. The molecule has 2 aromatic heterocycles. The molecule has 22 heavy (non-hydrogen) atoms. The van der Waals surface area contributed by atoms with Gasteiger partial charge in [0.25, 0.3) is 0 Å². The van der Waals surface area contributed by atoms with Gasteiger partial charge in [0.1, 0.15) is 11.3 Å². The van der Waals surface area contributed by atoms with Gasteiger partial charge in [0.15, 0.2) is 0 Å². The van der Waals surface area contributed by atoms with Crippen molar-refractivity contribution in [1.82, 2.24) is 4.98 Å². The van der Waals surface area contributed by atoms with Gasteiger partial charge in [0.05, 0.1) is 12.1 Å². The number of aromatic amines is 1. The number of hydrogen-bond donors (Lipinski definition) is 1. The van der Waals surface area contributed by atoms with Gasteiger partial charge < -0.3 is 14.1 Å². The van der Waals surface area contributed by atoms with E-state index in [4.69, 9.17) is 9.15 Å². The summed E-state index contributed by atoms with van der Waals surface area (Å²) in [4.78, 5) is 26.8. The molecule has 0 fully saturated rings. The van der Waals surface area contributed by atoms with E-state index in [1.807, 2.05) is 26.8 Å². The summed E-state index contributed by atoms with van der Waals surface area (Å²) in [6.45, 7) is 7.74. The van der Waals surface area contributed by atoms with Crippen molar-refractivity contribution in [1.29, 1.82) is 0 Å². The van der Waals surface area contributed by atoms with E-state index < -0.39 is 0 Å². The van der Waals surface area contributed by atoms with Gasteiger partial charge >= 0.3 is 11.6 Å². The van der Waals surface area contributed by atoms with Crippen LogP contribution < -0.4 is 5.63 Å². The number of aromatic nitrogens is 1. The molecule has 5 heteroatoms. The van der Waals surface area contributed by atoms with Crippen LogP contribution in [0.3, 0.4) is 0 Å². The zero-order valence-corrected chi connectivity index (χ0v) is 13.0. The van der Waals surface area contributed by atoms with Crippen molar-refractivity contribution in [2.75, 3.05) is 6.61 Å². The predicted molar refractivity (Wildman–Crippen MR) is 84.5 cm³/mol. The number of carbonyl (C=O) groups is 1. The summed E-state index contributed by atoms with van der Waals surface area (Å²) < 4.78 is 10.4. The zero-order chi connectivity index (χ0) is 16.0. The van der Waals surface area contributed by atoms with Crippen molar-refractivity contribution in [3.8, 4) is 0 Å². The highest BCUT2D eigenvalue weighted by molar-refractivity contribution is 6.12. The van der Waals surface area contributed by atoms with E-state index in [-0.39, 0.29) is 11.6 Å². The molecule has 0 spiro atoms. The maximum absolute atomic E-state index is 12.1. The molecule has 0 unspecified atom stereocenters. The van der Waals surface area contributed by atoms with Crippen LogP contribution >= 0.6 is 0 Å². The molecule has 0 bridgehead atoms. The van der Waals surface area contributed by atoms with Crippen LogP contribution in [0.15, 0.2) is 21.3 Å². The van der Waals surface area contributed by atoms with Crippen molar-refractivity contribution in [3.05, 3.63) is 44.9 Å². The monoisotopic (exact) mass is 299 g/mol. The first-order valence-corrected chi connectivity index (χ1v) is 7.17. The predicted octanol–water partition coefficient (Wildman–Crippen LogP) is 3.38. The molecule has 0 aliphatic carbocycles. The Labute approximate surface area is 126 Å². The van der Waals surface area contributed by atoms with E-state index in [1.165, 1.54) is 6.07 Å². The minimum absolute atomic E-state index is 0.321. The van der Waals surface area contributed by atoms with Gasteiger partial charge in [-0.1, -0.05) is 0 Å². The number of nitrogens with one attached hydrogen (secondary N) is 1. The van der Waals surface area contributed by atoms with E-state index in [0.717, 1.165) is 33.0 Å². The molecule has 0 radical (unpaired) electrons. The van der Waals surface area contributed by atoms with Gasteiger partial charge in [-0.15, -0.1) is 0 Å². The Morgan fingerprint density at radius 2 is 1.91 bits per heavy atom. The summed E-state index contributed by atoms with van der Waals surface area (Å²) in [6, 6.07) is 3.28. The smallest absolute Gasteiger partial charge is 0.355 e. The second-order valence-electron chi connectivity index (χ2n) is 5.41. The number of ether oxygens (including phenoxy) is 1. The Kier molecular flexibility index (Phi) is 3.28. The van der Waals surface area contributed by atoms with Gasteiger partial charge in [-0.05, 0) is 50.5 Å². The fraction of sp³-hybridized carbons (Fsp3) is 0.294. The van der Waals surface area contributed by atoms with Crippen LogP contribution in [0.25, 0.3) is 21.9 Å². The standard InChI is InChI=1S/C17H17NO4/c1-5-21-17(20)16-10(4)14-13-8(2)7-12(19)22-11(13)6-9(3)15(14)18-16/h6-7,18H,5H2,1-4H3. The van der Waals surface area contributed by atoms with E-state index in [1.54, 1.807) is 6.92 Å². The third kappa shape index (κ3) is 2.01. The normalized spacial score (nSPS) is 11.3. The summed E-state index contributed by atoms with van der Waals surface area (Å²) in [5.41, 5.74) is 4.01. The van der Waals surface area contributed by atoms with Crippen LogP contribution in [0.2, 0.25) is 0 Å². The van der Waals surface area contributed by atoms with Gasteiger partial charge in [0, 0.05) is 16.8 Å². The van der Waals surface area contributed by atoms with Crippen LogP contribution in [0, 0.1) is 20.8 Å². The summed E-state index contributed by atoms with van der Waals surface area (Å²) in [6.07, 6.45) is 0. The highest BCUT2D eigenvalue weighted by Crippen LogP contribution is 2.33. The lowest BCUT2D eigenvalue weighted by Gasteiger charge is -2.05. The highest BCUT2D eigenvalue weighted by atomic mass is 16.5. The molecular formula is C17H17NO4. The largest absolute Gasteiger partial charge is 0.461 e. The number of H-pyrrole nitrogens is 1. The van der Waals surface area contributed by atoms with Gasteiger partial charge in [-0.3, -0.25) is 0 Å². The number of carbonyl (C=O) groups excluding carboxylic acids is 1. The summed E-state index contributed by atoms with van der Waals surface area (Å²) in [5.74, 6) is -0.376. The van der Waals surface area contributed by atoms with Crippen LogP contribution in [0.5, 0.6) is 0 Å². The van der Waals surface area contributed by atoms with Crippen molar-refractivity contribution in [3.63, 3.8) is 0 Å². The van der Waals surface area contributed by atoms with E-state index in [2.05, 4.69) is 4.98 Å². The molecule has 0 aliphatic rings. The molecule has 0 aliphatic heterocycles. The Morgan fingerprint density at radius 1 is 1.18 bits per heavy atom. The van der Waals surface area contributed by atoms with Gasteiger partial charge in [-0.25, -0.2) is 9.59 Å². The quantitative estimate of drug-likeness (QED) is 0.581. The van der Waals surface area contributed by atoms with Gasteiger partial charge in [0.2, 0.25) is 0 Å². The molecule has 3 rings (SSSR count). The fourth-order valence-electron chi connectivity index (χ4n) is 2.93. The third-order valence-electron chi connectivity index (χ3n) is 3.91. The van der Waals surface area contributed by atoms with Crippen molar-refractivity contribution in [2.24, 2.45) is 0 Å². The lowest BCUT2D eigenvalue weighted by atomic mass is 10.0. The Hall–Kier alpha value is -2.56. The summed E-state index contributed by atoms with van der Waals surface area (Å²) in [7, 11) is 0. The molecule has 2 heterocycles. The molecule has 3 aromatic rings. The molecule has 5 nitrogen and oxygen atoms in total. The number of aryl methyl sites for hydroxylation is 3.